The molecule has 0 spiro atoms. The highest BCUT2D eigenvalue weighted by Crippen LogP contribution is 2.42. The topological polar surface area (TPSA) is 46.6 Å². The molecule has 164 valence electrons. The third-order valence-electron chi connectivity index (χ3n) is 6.59. The summed E-state index contributed by atoms with van der Waals surface area (Å²) in [5, 5.41) is 0. The van der Waals surface area contributed by atoms with Crippen LogP contribution in [0, 0.1) is 18.7 Å². The van der Waals surface area contributed by atoms with Gasteiger partial charge in [-0.05, 0) is 59.7 Å². The van der Waals surface area contributed by atoms with E-state index >= 15 is 0 Å². The first-order chi connectivity index (χ1) is 15.5. The minimum atomic E-state index is -0.390. The van der Waals surface area contributed by atoms with Gasteiger partial charge in [0.2, 0.25) is 0 Å². The Bertz CT molecular complexity index is 1200. The molecule has 2 unspecified atom stereocenters. The third-order valence-corrected chi connectivity index (χ3v) is 7.79. The zero-order chi connectivity index (χ0) is 22.4. The van der Waals surface area contributed by atoms with Gasteiger partial charge in [0.15, 0.2) is 0 Å². The molecule has 1 saturated heterocycles. The van der Waals surface area contributed by atoms with Gasteiger partial charge in [0.05, 0.1) is 17.9 Å². The summed E-state index contributed by atoms with van der Waals surface area (Å²) in [5.41, 5.74) is 4.65. The minimum Gasteiger partial charge on any atom is -0.469 e. The Hall–Kier alpha value is -2.99. The maximum Gasteiger partial charge on any atom is 0.311 e. The molecule has 1 aromatic heterocycles. The van der Waals surface area contributed by atoms with E-state index in [1.165, 1.54) is 18.4 Å². The maximum atomic E-state index is 14.5. The van der Waals surface area contributed by atoms with E-state index in [0.29, 0.717) is 24.4 Å². The number of carbonyl (C=O) groups is 2. The Morgan fingerprint density at radius 3 is 2.62 bits per heavy atom. The lowest BCUT2D eigenvalue weighted by atomic mass is 9.89. The van der Waals surface area contributed by atoms with Gasteiger partial charge in [-0.2, -0.15) is 0 Å². The Balaban J connectivity index is 1.45. The van der Waals surface area contributed by atoms with E-state index in [0.717, 1.165) is 39.1 Å². The summed E-state index contributed by atoms with van der Waals surface area (Å²) in [4.78, 5) is 29.3. The van der Waals surface area contributed by atoms with Crippen molar-refractivity contribution in [1.82, 2.24) is 4.90 Å². The normalized spacial score (nSPS) is 19.4. The SMILES string of the molecule is COC(=O)C1CN(C(=O)c2cc3c(s2)-c2cc(C)cc(F)c2CC3)CC1c1ccccc1. The van der Waals surface area contributed by atoms with Crippen LogP contribution in [0.25, 0.3) is 10.4 Å². The molecule has 1 amide bonds. The van der Waals surface area contributed by atoms with Crippen LogP contribution in [0.4, 0.5) is 4.39 Å². The molecule has 1 aliphatic carbocycles. The standard InChI is InChI=1S/C26H24FNO3S/c1-15-10-19-18(22(27)11-15)9-8-17-12-23(32-24(17)19)25(29)28-13-20(16-6-4-3-5-7-16)21(14-28)26(30)31-2/h3-7,10-12,20-21H,8-9,13-14H2,1-2H3. The van der Waals surface area contributed by atoms with Gasteiger partial charge in [-0.15, -0.1) is 11.3 Å². The summed E-state index contributed by atoms with van der Waals surface area (Å²) < 4.78 is 19.5. The third kappa shape index (κ3) is 3.52. The van der Waals surface area contributed by atoms with Crippen molar-refractivity contribution in [3.8, 4) is 10.4 Å². The van der Waals surface area contributed by atoms with Gasteiger partial charge < -0.3 is 9.64 Å². The molecule has 1 aliphatic heterocycles. The van der Waals surface area contributed by atoms with Crippen molar-refractivity contribution < 1.29 is 18.7 Å². The Morgan fingerprint density at radius 2 is 1.88 bits per heavy atom. The Morgan fingerprint density at radius 1 is 1.09 bits per heavy atom. The number of halogens is 1. The average Bonchev–Trinajstić information content (AvgIpc) is 3.44. The van der Waals surface area contributed by atoms with Crippen LogP contribution >= 0.6 is 11.3 Å². The highest BCUT2D eigenvalue weighted by Gasteiger charge is 2.41. The van der Waals surface area contributed by atoms with Crippen LogP contribution in [0.5, 0.6) is 0 Å². The van der Waals surface area contributed by atoms with E-state index in [1.807, 2.05) is 49.4 Å². The zero-order valence-corrected chi connectivity index (χ0v) is 18.9. The van der Waals surface area contributed by atoms with Crippen LogP contribution in [-0.2, 0) is 22.4 Å². The van der Waals surface area contributed by atoms with Crippen molar-refractivity contribution in [2.24, 2.45) is 5.92 Å². The molecule has 0 saturated carbocycles. The summed E-state index contributed by atoms with van der Waals surface area (Å²) in [5.74, 6) is -1.03. The van der Waals surface area contributed by atoms with Crippen LogP contribution in [0.3, 0.4) is 0 Å². The fraction of sp³-hybridized carbons (Fsp3) is 0.308. The number of amides is 1. The number of carbonyl (C=O) groups excluding carboxylic acids is 2. The quantitative estimate of drug-likeness (QED) is 0.529. The summed E-state index contributed by atoms with van der Waals surface area (Å²) >= 11 is 1.43. The van der Waals surface area contributed by atoms with Crippen LogP contribution in [0.2, 0.25) is 0 Å². The number of thiophene rings is 1. The number of hydrogen-bond acceptors (Lipinski definition) is 4. The van der Waals surface area contributed by atoms with E-state index in [2.05, 4.69) is 0 Å². The first-order valence-electron chi connectivity index (χ1n) is 10.8. The molecule has 6 heteroatoms. The number of esters is 1. The van der Waals surface area contributed by atoms with Gasteiger partial charge in [-0.1, -0.05) is 36.4 Å². The number of likely N-dealkylation sites (tertiary alicyclic amines) is 1. The molecule has 1 fully saturated rings. The summed E-state index contributed by atoms with van der Waals surface area (Å²) in [6, 6.07) is 15.3. The van der Waals surface area contributed by atoms with Crippen LogP contribution < -0.4 is 0 Å². The van der Waals surface area contributed by atoms with Gasteiger partial charge >= 0.3 is 5.97 Å². The number of ether oxygens (including phenoxy) is 1. The molecule has 2 heterocycles. The summed E-state index contributed by atoms with van der Waals surface area (Å²) in [6.07, 6.45) is 1.37. The highest BCUT2D eigenvalue weighted by molar-refractivity contribution is 7.17. The molecule has 2 atom stereocenters. The van der Waals surface area contributed by atoms with Gasteiger partial charge in [0, 0.05) is 23.9 Å². The predicted octanol–water partition coefficient (Wildman–Crippen LogP) is 4.99. The highest BCUT2D eigenvalue weighted by atomic mass is 32.1. The molecule has 3 aromatic rings. The summed E-state index contributed by atoms with van der Waals surface area (Å²) in [6.45, 7) is 2.69. The Kier molecular flexibility index (Phi) is 5.33. The maximum absolute atomic E-state index is 14.5. The molecule has 0 radical (unpaired) electrons. The van der Waals surface area contributed by atoms with Gasteiger partial charge in [-0.3, -0.25) is 9.59 Å². The monoisotopic (exact) mass is 449 g/mol. The molecule has 0 N–H and O–H groups in total. The number of fused-ring (bicyclic) bond motifs is 3. The fourth-order valence-electron chi connectivity index (χ4n) is 4.99. The van der Waals surface area contributed by atoms with Crippen LogP contribution in [0.1, 0.15) is 37.8 Å². The van der Waals surface area contributed by atoms with E-state index in [4.69, 9.17) is 4.74 Å². The van der Waals surface area contributed by atoms with Crippen molar-refractivity contribution in [2.45, 2.75) is 25.7 Å². The summed E-state index contributed by atoms with van der Waals surface area (Å²) in [7, 11) is 1.39. The molecule has 2 aromatic carbocycles. The molecule has 5 rings (SSSR count). The number of nitrogens with zero attached hydrogens (tertiary/aromatic N) is 1. The number of hydrogen-bond donors (Lipinski definition) is 0. The Labute approximate surface area is 190 Å². The first-order valence-corrected chi connectivity index (χ1v) is 11.6. The van der Waals surface area contributed by atoms with Gasteiger partial charge in [-0.25, -0.2) is 4.39 Å². The zero-order valence-electron chi connectivity index (χ0n) is 18.1. The second kappa shape index (κ2) is 8.17. The number of rotatable bonds is 3. The lowest BCUT2D eigenvalue weighted by molar-refractivity contribution is -0.145. The van der Waals surface area contributed by atoms with Crippen molar-refractivity contribution in [3.05, 3.63) is 81.5 Å². The van der Waals surface area contributed by atoms with Crippen LogP contribution in [0.15, 0.2) is 48.5 Å². The number of aryl methyl sites for hydroxylation is 2. The molecule has 32 heavy (non-hydrogen) atoms. The lowest BCUT2D eigenvalue weighted by Crippen LogP contribution is -2.29. The smallest absolute Gasteiger partial charge is 0.311 e. The first kappa shape index (κ1) is 20.9. The number of methoxy groups -OCH3 is 1. The van der Waals surface area contributed by atoms with E-state index in [-0.39, 0.29) is 23.6 Å². The van der Waals surface area contributed by atoms with Crippen LogP contribution in [-0.4, -0.2) is 37.0 Å². The second-order valence-electron chi connectivity index (χ2n) is 8.59. The fourth-order valence-corrected chi connectivity index (χ4v) is 6.21. The largest absolute Gasteiger partial charge is 0.469 e. The molecular weight excluding hydrogens is 425 g/mol. The molecule has 2 aliphatic rings. The van der Waals surface area contributed by atoms with Gasteiger partial charge in [0.25, 0.3) is 5.91 Å². The second-order valence-corrected chi connectivity index (χ2v) is 9.65. The minimum absolute atomic E-state index is 0.0774. The number of benzene rings is 2. The van der Waals surface area contributed by atoms with Crippen molar-refractivity contribution in [2.75, 3.05) is 20.2 Å². The molecule has 4 nitrogen and oxygen atoms in total. The molecular formula is C26H24FNO3S. The average molecular weight is 450 g/mol. The lowest BCUT2D eigenvalue weighted by Gasteiger charge is -2.17. The van der Waals surface area contributed by atoms with E-state index < -0.39 is 5.92 Å². The van der Waals surface area contributed by atoms with E-state index in [1.54, 1.807) is 11.0 Å². The van der Waals surface area contributed by atoms with Crippen molar-refractivity contribution >= 4 is 23.2 Å². The molecule has 0 bridgehead atoms. The van der Waals surface area contributed by atoms with Gasteiger partial charge in [0.1, 0.15) is 5.82 Å². The predicted molar refractivity (Wildman–Crippen MR) is 122 cm³/mol. The van der Waals surface area contributed by atoms with Crippen molar-refractivity contribution in [1.29, 1.82) is 0 Å². The van der Waals surface area contributed by atoms with Crippen molar-refractivity contribution in [3.63, 3.8) is 0 Å². The van der Waals surface area contributed by atoms with E-state index in [9.17, 15) is 14.0 Å².